The molecular weight excluding hydrogens is 312 g/mol. The number of hydrogen-bond donors (Lipinski definition) is 4. The van der Waals surface area contributed by atoms with Gasteiger partial charge in [-0.2, -0.15) is 0 Å². The van der Waals surface area contributed by atoms with Gasteiger partial charge < -0.3 is 10.6 Å². The molecule has 1 aromatic carbocycles. The minimum absolute atomic E-state index is 0. The minimum Gasteiger partial charge on any atom is -0.356 e. The Morgan fingerprint density at radius 3 is 2.48 bits per heavy atom. The molecule has 0 aromatic heterocycles. The molecular formula is C17H27ClN4O. The third-order valence-electron chi connectivity index (χ3n) is 3.29. The summed E-state index contributed by atoms with van der Waals surface area (Å²) >= 11 is 0. The number of rotatable bonds is 6. The number of anilines is 1. The number of nitrogens with one attached hydrogen (secondary N) is 4. The Kier molecular flexibility index (Phi) is 10.5. The zero-order valence-electron chi connectivity index (χ0n) is 14.0. The van der Waals surface area contributed by atoms with Crippen molar-refractivity contribution >= 4 is 30.1 Å². The summed E-state index contributed by atoms with van der Waals surface area (Å²) in [7, 11) is 0. The van der Waals surface area contributed by atoms with Crippen molar-refractivity contribution in [3.63, 3.8) is 0 Å². The van der Waals surface area contributed by atoms with Gasteiger partial charge in [0.1, 0.15) is 0 Å². The second-order valence-corrected chi connectivity index (χ2v) is 5.21. The molecule has 0 aliphatic rings. The second-order valence-electron chi connectivity index (χ2n) is 5.21. The van der Waals surface area contributed by atoms with E-state index in [0.29, 0.717) is 6.54 Å². The van der Waals surface area contributed by atoms with E-state index in [1.54, 1.807) is 0 Å². The van der Waals surface area contributed by atoms with Crippen LogP contribution in [-0.4, -0.2) is 18.5 Å². The number of halogens is 1. The number of urea groups is 1. The highest BCUT2D eigenvalue weighted by atomic mass is 35.5. The highest BCUT2D eigenvalue weighted by Gasteiger charge is 2.08. The zero-order valence-corrected chi connectivity index (χ0v) is 14.8. The summed E-state index contributed by atoms with van der Waals surface area (Å²) in [5.41, 5.74) is 2.79. The lowest BCUT2D eigenvalue weighted by molar-refractivity contribution is 0.255. The normalized spacial score (nSPS) is 10.0. The van der Waals surface area contributed by atoms with Crippen molar-refractivity contribution < 1.29 is 4.79 Å². The smallest absolute Gasteiger partial charge is 0.326 e. The fraction of sp³-hybridized carbons (Fsp3) is 0.412. The van der Waals surface area contributed by atoms with Gasteiger partial charge in [0.05, 0.1) is 0 Å². The van der Waals surface area contributed by atoms with Gasteiger partial charge in [-0.1, -0.05) is 30.4 Å². The molecule has 5 nitrogen and oxygen atoms in total. The number of aryl methyl sites for hydroxylation is 2. The van der Waals surface area contributed by atoms with Crippen molar-refractivity contribution in [1.29, 1.82) is 5.41 Å². The molecule has 0 aliphatic carbocycles. The number of carbonyl (C=O) groups is 1. The number of amides is 2. The van der Waals surface area contributed by atoms with Crippen LogP contribution in [0.3, 0.4) is 0 Å². The fourth-order valence-electron chi connectivity index (χ4n) is 2.08. The van der Waals surface area contributed by atoms with Crippen molar-refractivity contribution in [1.82, 2.24) is 10.6 Å². The minimum atomic E-state index is -0.399. The lowest BCUT2D eigenvalue weighted by atomic mass is 10.1. The van der Waals surface area contributed by atoms with Crippen LogP contribution in [0.4, 0.5) is 10.5 Å². The summed E-state index contributed by atoms with van der Waals surface area (Å²) < 4.78 is 0. The highest BCUT2D eigenvalue weighted by molar-refractivity contribution is 6.02. The van der Waals surface area contributed by atoms with E-state index >= 15 is 0 Å². The lowest BCUT2D eigenvalue weighted by Crippen LogP contribution is -2.42. The number of unbranched alkanes of at least 4 members (excludes halogenated alkanes) is 2. The van der Waals surface area contributed by atoms with E-state index in [-0.39, 0.29) is 18.4 Å². The van der Waals surface area contributed by atoms with Crippen LogP contribution in [0.15, 0.2) is 30.4 Å². The molecule has 0 fully saturated rings. The van der Waals surface area contributed by atoms with E-state index in [9.17, 15) is 4.79 Å². The Morgan fingerprint density at radius 1 is 1.22 bits per heavy atom. The number of guanidine groups is 1. The second kappa shape index (κ2) is 11.5. The average molecular weight is 339 g/mol. The van der Waals surface area contributed by atoms with E-state index in [2.05, 4.69) is 22.0 Å². The third-order valence-corrected chi connectivity index (χ3v) is 3.29. The van der Waals surface area contributed by atoms with Gasteiger partial charge in [-0.15, -0.1) is 12.4 Å². The molecule has 4 N–H and O–H groups in total. The lowest BCUT2D eigenvalue weighted by Gasteiger charge is -2.13. The van der Waals surface area contributed by atoms with E-state index in [1.807, 2.05) is 45.0 Å². The maximum absolute atomic E-state index is 11.9. The summed E-state index contributed by atoms with van der Waals surface area (Å²) in [6, 6.07) is 5.43. The first kappa shape index (κ1) is 21.0. The van der Waals surface area contributed by atoms with Gasteiger partial charge in [0, 0.05) is 12.2 Å². The number of hydrogen-bond acceptors (Lipinski definition) is 2. The van der Waals surface area contributed by atoms with Crippen LogP contribution >= 0.6 is 12.4 Å². The van der Waals surface area contributed by atoms with Crippen LogP contribution in [0.25, 0.3) is 0 Å². The zero-order chi connectivity index (χ0) is 16.4. The van der Waals surface area contributed by atoms with Crippen LogP contribution in [0.5, 0.6) is 0 Å². The third kappa shape index (κ3) is 8.26. The van der Waals surface area contributed by atoms with Gasteiger partial charge in [-0.05, 0) is 51.2 Å². The van der Waals surface area contributed by atoms with Crippen molar-refractivity contribution in [2.45, 2.75) is 40.0 Å². The molecule has 1 aromatic rings. The molecule has 0 saturated heterocycles. The largest absolute Gasteiger partial charge is 0.356 e. The first-order valence-electron chi connectivity index (χ1n) is 7.62. The maximum Gasteiger partial charge on any atom is 0.326 e. The van der Waals surface area contributed by atoms with Crippen molar-refractivity contribution in [3.8, 4) is 0 Å². The van der Waals surface area contributed by atoms with Gasteiger partial charge in [0.2, 0.25) is 0 Å². The molecule has 6 heteroatoms. The molecule has 0 saturated carbocycles. The van der Waals surface area contributed by atoms with E-state index in [4.69, 9.17) is 5.41 Å². The molecule has 23 heavy (non-hydrogen) atoms. The number of benzene rings is 1. The summed E-state index contributed by atoms with van der Waals surface area (Å²) in [6.45, 7) is 6.57. The summed E-state index contributed by atoms with van der Waals surface area (Å²) in [4.78, 5) is 11.9. The molecule has 0 bridgehead atoms. The molecule has 128 valence electrons. The monoisotopic (exact) mass is 338 g/mol. The van der Waals surface area contributed by atoms with Crippen LogP contribution in [0.1, 0.15) is 37.3 Å². The van der Waals surface area contributed by atoms with Crippen molar-refractivity contribution in [2.75, 3.05) is 11.9 Å². The molecule has 0 heterocycles. The Morgan fingerprint density at radius 2 is 1.87 bits per heavy atom. The van der Waals surface area contributed by atoms with E-state index < -0.39 is 6.03 Å². The van der Waals surface area contributed by atoms with Crippen molar-refractivity contribution in [2.24, 2.45) is 0 Å². The average Bonchev–Trinajstić information content (AvgIpc) is 2.46. The summed E-state index contributed by atoms with van der Waals surface area (Å²) in [5.74, 6) is 0.0229. The first-order valence-corrected chi connectivity index (χ1v) is 7.62. The molecule has 0 radical (unpaired) electrons. The topological polar surface area (TPSA) is 77.0 Å². The van der Waals surface area contributed by atoms with Crippen LogP contribution in [-0.2, 0) is 0 Å². The van der Waals surface area contributed by atoms with E-state index in [0.717, 1.165) is 36.1 Å². The van der Waals surface area contributed by atoms with Gasteiger partial charge in [-0.25, -0.2) is 4.79 Å². The number of allylic oxidation sites excluding steroid dienone is 2. The van der Waals surface area contributed by atoms with Gasteiger partial charge in [-0.3, -0.25) is 10.7 Å². The van der Waals surface area contributed by atoms with Crippen LogP contribution < -0.4 is 16.0 Å². The van der Waals surface area contributed by atoms with Crippen LogP contribution in [0.2, 0.25) is 0 Å². The van der Waals surface area contributed by atoms with Gasteiger partial charge in [0.15, 0.2) is 5.96 Å². The number of carbonyl (C=O) groups excluding carboxylic acids is 1. The van der Waals surface area contributed by atoms with Crippen LogP contribution in [0, 0.1) is 19.3 Å². The Labute approximate surface area is 144 Å². The molecule has 0 unspecified atom stereocenters. The molecule has 0 atom stereocenters. The molecule has 0 aliphatic heterocycles. The Balaban J connectivity index is 0.00000484. The summed E-state index contributed by atoms with van der Waals surface area (Å²) in [5, 5.41) is 15.9. The standard InChI is InChI=1S/C17H26N4O.ClH/c1-4-5-6-7-8-12-19-16(18)21-17(22)20-15-13(2)10-9-11-14(15)3;/h4-5,9-11H,6-8,12H2,1-3H3,(H4,18,19,20,21,22);1H. The fourth-order valence-corrected chi connectivity index (χ4v) is 2.08. The maximum atomic E-state index is 11.9. The molecule has 1 rings (SSSR count). The number of para-hydroxylation sites is 1. The first-order chi connectivity index (χ1) is 10.5. The van der Waals surface area contributed by atoms with E-state index in [1.165, 1.54) is 0 Å². The van der Waals surface area contributed by atoms with Crippen molar-refractivity contribution in [3.05, 3.63) is 41.5 Å². The predicted octanol–water partition coefficient (Wildman–Crippen LogP) is 4.12. The summed E-state index contributed by atoms with van der Waals surface area (Å²) in [6.07, 6.45) is 7.24. The predicted molar refractivity (Wildman–Crippen MR) is 99.7 cm³/mol. The molecule has 0 spiro atoms. The highest BCUT2D eigenvalue weighted by Crippen LogP contribution is 2.18. The quantitative estimate of drug-likeness (QED) is 0.272. The van der Waals surface area contributed by atoms with Gasteiger partial charge in [0.25, 0.3) is 0 Å². The Bertz CT molecular complexity index is 523. The van der Waals surface area contributed by atoms with Gasteiger partial charge >= 0.3 is 6.03 Å². The Hall–Kier alpha value is -2.01. The molecule has 2 amide bonds. The SMILES string of the molecule is CC=CCCCCNC(=N)NC(=O)Nc1c(C)cccc1C.Cl.